The number of thiocarbonyl (C=S) groups is 1. The molecular formula is C17H13N3O6S. The number of methoxy groups -OCH3 is 1. The van der Waals surface area contributed by atoms with Gasteiger partial charge < -0.3 is 14.5 Å². The van der Waals surface area contributed by atoms with Crippen LogP contribution in [0, 0.1) is 10.1 Å². The maximum atomic E-state index is 12.3. The van der Waals surface area contributed by atoms with Gasteiger partial charge in [0.25, 0.3) is 11.6 Å². The number of hydrogen-bond acceptors (Lipinski definition) is 7. The summed E-state index contributed by atoms with van der Waals surface area (Å²) in [5.41, 5.74) is 0.792. The molecule has 0 aliphatic carbocycles. The van der Waals surface area contributed by atoms with Gasteiger partial charge in [0.15, 0.2) is 5.11 Å². The Balaban J connectivity index is 1.78. The van der Waals surface area contributed by atoms with Gasteiger partial charge in [0.05, 0.1) is 12.0 Å². The van der Waals surface area contributed by atoms with E-state index >= 15 is 0 Å². The molecule has 0 unspecified atom stereocenters. The Bertz CT molecular complexity index is 963. The number of nitrogens with zero attached hydrogens (tertiary/aromatic N) is 2. The van der Waals surface area contributed by atoms with Gasteiger partial charge in [0.2, 0.25) is 0 Å². The molecule has 138 valence electrons. The van der Waals surface area contributed by atoms with Crippen molar-refractivity contribution in [2.75, 3.05) is 13.7 Å². The van der Waals surface area contributed by atoms with Crippen molar-refractivity contribution in [1.29, 1.82) is 0 Å². The topological polar surface area (TPSA) is 115 Å². The van der Waals surface area contributed by atoms with Gasteiger partial charge in [-0.3, -0.25) is 24.6 Å². The Hall–Kier alpha value is -3.53. The number of benzene rings is 1. The summed E-state index contributed by atoms with van der Waals surface area (Å²) in [7, 11) is 1.22. The number of hydrogen-bond donors (Lipinski definition) is 1. The number of non-ortho nitro benzene ring substituents is 1. The molecule has 1 amide bonds. The number of nitro benzene ring substituents is 1. The van der Waals surface area contributed by atoms with Gasteiger partial charge in [-0.2, -0.15) is 0 Å². The summed E-state index contributed by atoms with van der Waals surface area (Å²) in [6, 6.07) is 9.21. The van der Waals surface area contributed by atoms with Crippen molar-refractivity contribution in [2.45, 2.75) is 0 Å². The van der Waals surface area contributed by atoms with Crippen LogP contribution in [0.2, 0.25) is 0 Å². The van der Waals surface area contributed by atoms with Gasteiger partial charge in [0.1, 0.15) is 23.8 Å². The minimum absolute atomic E-state index is 0.0207. The second kappa shape index (κ2) is 7.38. The van der Waals surface area contributed by atoms with Crippen LogP contribution >= 0.6 is 12.2 Å². The highest BCUT2D eigenvalue weighted by Gasteiger charge is 2.32. The maximum absolute atomic E-state index is 12.3. The van der Waals surface area contributed by atoms with Crippen molar-refractivity contribution in [1.82, 2.24) is 10.2 Å². The first-order chi connectivity index (χ1) is 12.9. The minimum atomic E-state index is -0.591. The molecule has 1 N–H and O–H groups in total. The second-order valence-corrected chi connectivity index (χ2v) is 5.85. The number of furan rings is 1. The number of esters is 1. The SMILES string of the molecule is COC(=O)CN1C(=O)/C(=C/c2ccc(-c3ccc([N+](=O)[O-])cc3)o2)NC1=S. The fourth-order valence-corrected chi connectivity index (χ4v) is 2.64. The Kier molecular flexibility index (Phi) is 4.99. The molecule has 0 radical (unpaired) electrons. The van der Waals surface area contributed by atoms with Crippen LogP contribution in [0.1, 0.15) is 5.76 Å². The van der Waals surface area contributed by atoms with Crippen LogP contribution in [0.3, 0.4) is 0 Å². The van der Waals surface area contributed by atoms with E-state index in [0.717, 1.165) is 4.90 Å². The van der Waals surface area contributed by atoms with E-state index in [1.807, 2.05) is 0 Å². The standard InChI is InChI=1S/C17H13N3O6S/c1-25-15(21)9-19-16(22)13(18-17(19)27)8-12-6-7-14(26-12)10-2-4-11(5-3-10)20(23)24/h2-8H,9H2,1H3,(H,18,27)/b13-8-. The monoisotopic (exact) mass is 387 g/mol. The first-order valence-corrected chi connectivity index (χ1v) is 8.06. The summed E-state index contributed by atoms with van der Waals surface area (Å²) in [6.45, 7) is -0.287. The summed E-state index contributed by atoms with van der Waals surface area (Å²) >= 11 is 5.05. The summed E-state index contributed by atoms with van der Waals surface area (Å²) in [4.78, 5) is 35.0. The molecule has 9 nitrogen and oxygen atoms in total. The van der Waals surface area contributed by atoms with Gasteiger partial charge >= 0.3 is 5.97 Å². The van der Waals surface area contributed by atoms with Crippen molar-refractivity contribution < 1.29 is 23.7 Å². The number of nitrogens with one attached hydrogen (secondary N) is 1. The summed E-state index contributed by atoms with van der Waals surface area (Å²) < 4.78 is 10.2. The van der Waals surface area contributed by atoms with Crippen LogP contribution in [0.15, 0.2) is 46.5 Å². The van der Waals surface area contributed by atoms with E-state index < -0.39 is 16.8 Å². The lowest BCUT2D eigenvalue weighted by atomic mass is 10.1. The highest BCUT2D eigenvalue weighted by molar-refractivity contribution is 7.80. The van der Waals surface area contributed by atoms with Crippen molar-refractivity contribution in [3.63, 3.8) is 0 Å². The molecule has 2 heterocycles. The molecule has 1 aromatic heterocycles. The van der Waals surface area contributed by atoms with Gasteiger partial charge in [-0.25, -0.2) is 0 Å². The highest BCUT2D eigenvalue weighted by atomic mass is 32.1. The molecule has 0 bridgehead atoms. The molecule has 1 aliphatic rings. The summed E-state index contributed by atoms with van der Waals surface area (Å²) in [5, 5.41) is 13.5. The zero-order chi connectivity index (χ0) is 19.6. The third-order valence-corrected chi connectivity index (χ3v) is 4.08. The highest BCUT2D eigenvalue weighted by Crippen LogP contribution is 2.26. The molecule has 1 fully saturated rings. The number of ether oxygens (including phenoxy) is 1. The van der Waals surface area contributed by atoms with Crippen LogP contribution in [-0.2, 0) is 14.3 Å². The van der Waals surface area contributed by atoms with E-state index in [2.05, 4.69) is 10.1 Å². The van der Waals surface area contributed by atoms with Crippen LogP contribution in [0.4, 0.5) is 5.69 Å². The first-order valence-electron chi connectivity index (χ1n) is 7.65. The lowest BCUT2D eigenvalue weighted by Gasteiger charge is -2.11. The predicted molar refractivity (Wildman–Crippen MR) is 98.2 cm³/mol. The molecule has 0 atom stereocenters. The van der Waals surface area contributed by atoms with Crippen molar-refractivity contribution in [2.24, 2.45) is 0 Å². The molecule has 1 saturated heterocycles. The van der Waals surface area contributed by atoms with E-state index in [9.17, 15) is 19.7 Å². The number of nitro groups is 1. The van der Waals surface area contributed by atoms with Crippen molar-refractivity contribution in [3.8, 4) is 11.3 Å². The van der Waals surface area contributed by atoms with Crippen LogP contribution in [0.5, 0.6) is 0 Å². The van der Waals surface area contributed by atoms with Gasteiger partial charge in [0, 0.05) is 23.8 Å². The van der Waals surface area contributed by atoms with Crippen LogP contribution < -0.4 is 5.32 Å². The number of carbonyl (C=O) groups is 2. The normalized spacial score (nSPS) is 15.1. The minimum Gasteiger partial charge on any atom is -0.468 e. The fraction of sp³-hybridized carbons (Fsp3) is 0.118. The molecule has 10 heteroatoms. The van der Waals surface area contributed by atoms with Gasteiger partial charge in [-0.05, 0) is 36.5 Å². The van der Waals surface area contributed by atoms with E-state index in [0.29, 0.717) is 17.1 Å². The summed E-state index contributed by atoms with van der Waals surface area (Å²) in [5.74, 6) is -0.205. The van der Waals surface area contributed by atoms with Gasteiger partial charge in [-0.15, -0.1) is 0 Å². The lowest BCUT2D eigenvalue weighted by Crippen LogP contribution is -2.35. The Labute approximate surface area is 158 Å². The van der Waals surface area contributed by atoms with E-state index in [-0.39, 0.29) is 23.0 Å². The van der Waals surface area contributed by atoms with E-state index in [4.69, 9.17) is 16.6 Å². The first kappa shape index (κ1) is 18.3. The van der Waals surface area contributed by atoms with Crippen molar-refractivity contribution >= 4 is 41.0 Å². The lowest BCUT2D eigenvalue weighted by molar-refractivity contribution is -0.384. The third-order valence-electron chi connectivity index (χ3n) is 3.75. The quantitative estimate of drug-likeness (QED) is 0.273. The molecule has 0 spiro atoms. The molecule has 27 heavy (non-hydrogen) atoms. The zero-order valence-electron chi connectivity index (χ0n) is 14.0. The molecule has 3 rings (SSSR count). The largest absolute Gasteiger partial charge is 0.468 e. The Morgan fingerprint density at radius 1 is 1.33 bits per heavy atom. The average molecular weight is 387 g/mol. The molecule has 1 aromatic carbocycles. The zero-order valence-corrected chi connectivity index (χ0v) is 14.8. The van der Waals surface area contributed by atoms with Gasteiger partial charge in [-0.1, -0.05) is 0 Å². The number of amides is 1. The smallest absolute Gasteiger partial charge is 0.325 e. The molecule has 2 aromatic rings. The predicted octanol–water partition coefficient (Wildman–Crippen LogP) is 2.09. The number of carbonyl (C=O) groups excluding carboxylic acids is 2. The second-order valence-electron chi connectivity index (χ2n) is 5.46. The molecule has 1 aliphatic heterocycles. The molecular weight excluding hydrogens is 374 g/mol. The Morgan fingerprint density at radius 3 is 2.67 bits per heavy atom. The molecule has 0 saturated carbocycles. The van der Waals surface area contributed by atoms with Crippen LogP contribution in [0.25, 0.3) is 17.4 Å². The van der Waals surface area contributed by atoms with Crippen molar-refractivity contribution in [3.05, 3.63) is 58.0 Å². The Morgan fingerprint density at radius 2 is 2.04 bits per heavy atom. The fourth-order valence-electron chi connectivity index (χ4n) is 2.38. The van der Waals surface area contributed by atoms with Crippen LogP contribution in [-0.4, -0.2) is 40.5 Å². The maximum Gasteiger partial charge on any atom is 0.325 e. The average Bonchev–Trinajstić information content (AvgIpc) is 3.22. The van der Waals surface area contributed by atoms with E-state index in [1.165, 1.54) is 25.3 Å². The third kappa shape index (κ3) is 3.85. The summed E-state index contributed by atoms with van der Waals surface area (Å²) in [6.07, 6.45) is 1.46. The van der Waals surface area contributed by atoms with E-state index in [1.54, 1.807) is 24.3 Å². The number of rotatable bonds is 5.